The lowest BCUT2D eigenvalue weighted by molar-refractivity contribution is -0.121. The Balaban J connectivity index is 2.11. The van der Waals surface area contributed by atoms with Crippen LogP contribution in [0.1, 0.15) is 27.2 Å². The van der Waals surface area contributed by atoms with E-state index in [0.29, 0.717) is 19.6 Å². The van der Waals surface area contributed by atoms with Crippen LogP contribution in [-0.2, 0) is 11.3 Å². The van der Waals surface area contributed by atoms with Gasteiger partial charge in [-0.25, -0.2) is 0 Å². The summed E-state index contributed by atoms with van der Waals surface area (Å²) in [6, 6.07) is 8.24. The Morgan fingerprint density at radius 1 is 1.35 bits per heavy atom. The average Bonchev–Trinajstić information content (AvgIpc) is 2.80. The van der Waals surface area contributed by atoms with Crippen LogP contribution in [0.3, 0.4) is 0 Å². The number of benzene rings is 1. The van der Waals surface area contributed by atoms with E-state index < -0.39 is 0 Å². The van der Waals surface area contributed by atoms with E-state index in [1.54, 1.807) is 0 Å². The molecule has 1 aromatic carbocycles. The van der Waals surface area contributed by atoms with Crippen molar-refractivity contribution in [1.82, 2.24) is 9.88 Å². The van der Waals surface area contributed by atoms with Crippen molar-refractivity contribution < 1.29 is 9.53 Å². The highest BCUT2D eigenvalue weighted by Crippen LogP contribution is 2.26. The molecule has 0 unspecified atom stereocenters. The minimum Gasteiger partial charge on any atom is -0.493 e. The van der Waals surface area contributed by atoms with Gasteiger partial charge < -0.3 is 14.6 Å². The van der Waals surface area contributed by atoms with Crippen molar-refractivity contribution in [3.8, 4) is 5.75 Å². The summed E-state index contributed by atoms with van der Waals surface area (Å²) in [6.07, 6.45) is 2.50. The second kappa shape index (κ2) is 6.46. The number of carbonyl (C=O) groups excluding carboxylic acids is 1. The van der Waals surface area contributed by atoms with Crippen LogP contribution < -0.4 is 10.1 Å². The van der Waals surface area contributed by atoms with Gasteiger partial charge in [0.25, 0.3) is 0 Å². The molecule has 0 bridgehead atoms. The first-order valence-electron chi connectivity index (χ1n) is 7.12. The first kappa shape index (κ1) is 14.4. The molecule has 4 nitrogen and oxygen atoms in total. The maximum Gasteiger partial charge on any atom is 0.221 e. The highest BCUT2D eigenvalue weighted by molar-refractivity contribution is 5.86. The van der Waals surface area contributed by atoms with Gasteiger partial charge in [0.15, 0.2) is 0 Å². The summed E-state index contributed by atoms with van der Waals surface area (Å²) in [5.74, 6) is 0.984. The molecule has 0 aliphatic rings. The zero-order chi connectivity index (χ0) is 14.5. The summed E-state index contributed by atoms with van der Waals surface area (Å²) in [6.45, 7) is 7.25. The molecule has 20 heavy (non-hydrogen) atoms. The normalized spacial score (nSPS) is 11.0. The molecule has 0 spiro atoms. The third-order valence-corrected chi connectivity index (χ3v) is 3.10. The van der Waals surface area contributed by atoms with E-state index in [1.165, 1.54) is 0 Å². The molecule has 0 saturated heterocycles. The van der Waals surface area contributed by atoms with Crippen molar-refractivity contribution >= 4 is 16.8 Å². The third-order valence-electron chi connectivity index (χ3n) is 3.10. The van der Waals surface area contributed by atoms with Crippen molar-refractivity contribution in [2.24, 2.45) is 0 Å². The second-order valence-corrected chi connectivity index (χ2v) is 5.10. The maximum atomic E-state index is 11.7. The number of carbonyl (C=O) groups is 1. The Bertz CT molecular complexity index is 587. The van der Waals surface area contributed by atoms with E-state index in [4.69, 9.17) is 4.74 Å². The topological polar surface area (TPSA) is 43.3 Å². The fourth-order valence-electron chi connectivity index (χ4n) is 2.29. The molecule has 1 N–H and O–H groups in total. The van der Waals surface area contributed by atoms with E-state index >= 15 is 0 Å². The van der Waals surface area contributed by atoms with Crippen molar-refractivity contribution in [1.29, 1.82) is 0 Å². The molecule has 1 heterocycles. The molecule has 0 aliphatic carbocycles. The van der Waals surface area contributed by atoms with E-state index in [9.17, 15) is 4.79 Å². The molecule has 2 rings (SSSR count). The zero-order valence-corrected chi connectivity index (χ0v) is 12.3. The summed E-state index contributed by atoms with van der Waals surface area (Å²) in [7, 11) is 0. The maximum absolute atomic E-state index is 11.7. The lowest BCUT2D eigenvalue weighted by atomic mass is 10.2. The minimum atomic E-state index is 0.0859. The first-order valence-corrected chi connectivity index (χ1v) is 7.12. The predicted octanol–water partition coefficient (Wildman–Crippen LogP) is 2.95. The molecule has 1 aromatic heterocycles. The van der Waals surface area contributed by atoms with Crippen molar-refractivity contribution in [3.63, 3.8) is 0 Å². The van der Waals surface area contributed by atoms with E-state index in [2.05, 4.69) is 16.0 Å². The standard InChI is InChI=1S/C16H22N2O2/c1-4-20-15-7-5-6-14-13(15)8-10-18(14)11-9-16(19)17-12(2)3/h5-8,10,12H,4,9,11H2,1-3H3,(H,17,19). The van der Waals surface area contributed by atoms with Crippen LogP contribution in [0.15, 0.2) is 30.5 Å². The van der Waals surface area contributed by atoms with Crippen molar-refractivity contribution in [2.45, 2.75) is 39.8 Å². The number of amides is 1. The Morgan fingerprint density at radius 2 is 2.15 bits per heavy atom. The van der Waals surface area contributed by atoms with Crippen molar-refractivity contribution in [3.05, 3.63) is 30.5 Å². The number of aromatic nitrogens is 1. The predicted molar refractivity (Wildman–Crippen MR) is 81.0 cm³/mol. The lowest BCUT2D eigenvalue weighted by Gasteiger charge is -2.10. The van der Waals surface area contributed by atoms with E-state index in [1.807, 2.05) is 45.2 Å². The van der Waals surface area contributed by atoms with Gasteiger partial charge in [0.1, 0.15) is 5.75 Å². The lowest BCUT2D eigenvalue weighted by Crippen LogP contribution is -2.30. The number of aryl methyl sites for hydroxylation is 1. The van der Waals surface area contributed by atoms with Crippen molar-refractivity contribution in [2.75, 3.05) is 6.61 Å². The van der Waals surface area contributed by atoms with Gasteiger partial charge in [-0.05, 0) is 39.0 Å². The average molecular weight is 274 g/mol. The Morgan fingerprint density at radius 3 is 2.85 bits per heavy atom. The molecule has 0 atom stereocenters. The van der Waals surface area contributed by atoms with Gasteiger partial charge in [-0.1, -0.05) is 6.07 Å². The summed E-state index contributed by atoms with van der Waals surface area (Å²) in [5.41, 5.74) is 1.10. The third kappa shape index (κ3) is 3.32. The molecular formula is C16H22N2O2. The van der Waals surface area contributed by atoms with Gasteiger partial charge in [-0.3, -0.25) is 4.79 Å². The van der Waals surface area contributed by atoms with Gasteiger partial charge in [0.05, 0.1) is 12.1 Å². The van der Waals surface area contributed by atoms with Gasteiger partial charge in [-0.2, -0.15) is 0 Å². The molecule has 0 saturated carbocycles. The molecule has 0 radical (unpaired) electrons. The molecule has 0 aliphatic heterocycles. The number of ether oxygens (including phenoxy) is 1. The van der Waals surface area contributed by atoms with Crippen LogP contribution in [0.2, 0.25) is 0 Å². The van der Waals surface area contributed by atoms with Crippen LogP contribution in [-0.4, -0.2) is 23.1 Å². The van der Waals surface area contributed by atoms with Crippen LogP contribution in [0.4, 0.5) is 0 Å². The number of rotatable bonds is 6. The number of hydrogen-bond donors (Lipinski definition) is 1. The molecular weight excluding hydrogens is 252 g/mol. The molecule has 0 fully saturated rings. The number of nitrogens with zero attached hydrogens (tertiary/aromatic N) is 1. The largest absolute Gasteiger partial charge is 0.493 e. The van der Waals surface area contributed by atoms with Crippen LogP contribution in [0, 0.1) is 0 Å². The van der Waals surface area contributed by atoms with Gasteiger partial charge in [0, 0.05) is 30.6 Å². The highest BCUT2D eigenvalue weighted by Gasteiger charge is 2.08. The zero-order valence-electron chi connectivity index (χ0n) is 12.3. The molecule has 108 valence electrons. The van der Waals surface area contributed by atoms with Crippen LogP contribution in [0.25, 0.3) is 10.9 Å². The second-order valence-electron chi connectivity index (χ2n) is 5.10. The monoisotopic (exact) mass is 274 g/mol. The summed E-state index contributed by atoms with van der Waals surface area (Å²) < 4.78 is 7.71. The molecule has 1 amide bonds. The van der Waals surface area contributed by atoms with E-state index in [0.717, 1.165) is 16.7 Å². The number of nitrogens with one attached hydrogen (secondary N) is 1. The summed E-state index contributed by atoms with van der Waals surface area (Å²) in [4.78, 5) is 11.7. The Labute approximate surface area is 119 Å². The number of hydrogen-bond acceptors (Lipinski definition) is 2. The molecule has 2 aromatic rings. The quantitative estimate of drug-likeness (QED) is 0.880. The molecule has 4 heteroatoms. The summed E-state index contributed by atoms with van der Waals surface area (Å²) in [5, 5.41) is 4.00. The van der Waals surface area contributed by atoms with Gasteiger partial charge in [0.2, 0.25) is 5.91 Å². The fraction of sp³-hybridized carbons (Fsp3) is 0.438. The Kier molecular flexibility index (Phi) is 4.66. The van der Waals surface area contributed by atoms with Crippen LogP contribution >= 0.6 is 0 Å². The fourth-order valence-corrected chi connectivity index (χ4v) is 2.29. The Hall–Kier alpha value is -1.97. The minimum absolute atomic E-state index is 0.0859. The highest BCUT2D eigenvalue weighted by atomic mass is 16.5. The van der Waals surface area contributed by atoms with Crippen LogP contribution in [0.5, 0.6) is 5.75 Å². The van der Waals surface area contributed by atoms with Gasteiger partial charge in [-0.15, -0.1) is 0 Å². The smallest absolute Gasteiger partial charge is 0.221 e. The van der Waals surface area contributed by atoms with E-state index in [-0.39, 0.29) is 11.9 Å². The first-order chi connectivity index (χ1) is 9.61. The SMILES string of the molecule is CCOc1cccc2c1ccn2CCC(=O)NC(C)C. The van der Waals surface area contributed by atoms with Gasteiger partial charge >= 0.3 is 0 Å². The summed E-state index contributed by atoms with van der Waals surface area (Å²) >= 11 is 0. The number of fused-ring (bicyclic) bond motifs is 1.